The lowest BCUT2D eigenvalue weighted by molar-refractivity contribution is 0.0943. The minimum Gasteiger partial charge on any atom is -0.465 e. The van der Waals surface area contributed by atoms with Gasteiger partial charge in [-0.2, -0.15) is 0 Å². The third-order valence-corrected chi connectivity index (χ3v) is 2.79. The van der Waals surface area contributed by atoms with E-state index in [1.807, 2.05) is 32.9 Å². The van der Waals surface area contributed by atoms with Crippen LogP contribution in [-0.2, 0) is 6.54 Å². The number of nitrogens with zero attached hydrogens (tertiary/aromatic N) is 2. The van der Waals surface area contributed by atoms with Crippen molar-refractivity contribution >= 4 is 11.6 Å². The molecule has 106 valence electrons. The molecule has 0 spiro atoms. The Hall–Kier alpha value is -2.37. The second kappa shape index (κ2) is 5.73. The highest BCUT2D eigenvalue weighted by Gasteiger charge is 2.15. The first-order valence-corrected chi connectivity index (χ1v) is 6.43. The number of hydrogen-bond donors (Lipinski definition) is 2. The van der Waals surface area contributed by atoms with Crippen LogP contribution in [-0.4, -0.2) is 15.9 Å². The molecule has 0 atom stereocenters. The third kappa shape index (κ3) is 3.14. The highest BCUT2D eigenvalue weighted by molar-refractivity contribution is 5.96. The lowest BCUT2D eigenvalue weighted by Gasteiger charge is -2.09. The Labute approximate surface area is 117 Å². The molecule has 0 aliphatic heterocycles. The molecule has 0 unspecified atom stereocenters. The summed E-state index contributed by atoms with van der Waals surface area (Å²) in [5.41, 5.74) is 6.22. The molecule has 0 aliphatic rings. The van der Waals surface area contributed by atoms with Gasteiger partial charge in [0.15, 0.2) is 5.69 Å². The molecule has 2 aromatic rings. The number of aromatic nitrogens is 2. The van der Waals surface area contributed by atoms with E-state index in [2.05, 4.69) is 15.3 Å². The molecule has 0 fully saturated rings. The summed E-state index contributed by atoms with van der Waals surface area (Å²) >= 11 is 0. The van der Waals surface area contributed by atoms with Crippen LogP contribution in [0.3, 0.4) is 0 Å². The molecule has 0 saturated carbocycles. The maximum Gasteiger partial charge on any atom is 0.272 e. The third-order valence-electron chi connectivity index (χ3n) is 2.79. The molecule has 6 nitrogen and oxygen atoms in total. The number of amides is 1. The average molecular weight is 274 g/mol. The second-order valence-electron chi connectivity index (χ2n) is 4.88. The Morgan fingerprint density at radius 1 is 1.45 bits per heavy atom. The predicted octanol–water partition coefficient (Wildman–Crippen LogP) is 2.01. The molecule has 2 aromatic heterocycles. The fraction of sp³-hybridized carbons (Fsp3) is 0.357. The van der Waals surface area contributed by atoms with Crippen molar-refractivity contribution in [1.82, 2.24) is 15.3 Å². The molecular formula is C14H18N4O2. The van der Waals surface area contributed by atoms with Crippen molar-refractivity contribution in [2.24, 2.45) is 0 Å². The van der Waals surface area contributed by atoms with Gasteiger partial charge in [0.2, 0.25) is 0 Å². The Morgan fingerprint density at radius 3 is 2.80 bits per heavy atom. The van der Waals surface area contributed by atoms with E-state index in [0.717, 1.165) is 5.76 Å². The molecular weight excluding hydrogens is 256 g/mol. The smallest absolute Gasteiger partial charge is 0.272 e. The Balaban J connectivity index is 2.10. The van der Waals surface area contributed by atoms with Gasteiger partial charge in [-0.3, -0.25) is 4.79 Å². The second-order valence-corrected chi connectivity index (χ2v) is 4.88. The first kappa shape index (κ1) is 14.0. The summed E-state index contributed by atoms with van der Waals surface area (Å²) in [6.07, 6.45) is 1.47. The molecule has 2 heterocycles. The maximum atomic E-state index is 12.1. The molecule has 0 radical (unpaired) electrons. The largest absolute Gasteiger partial charge is 0.465 e. The van der Waals surface area contributed by atoms with E-state index in [0.29, 0.717) is 18.1 Å². The van der Waals surface area contributed by atoms with Gasteiger partial charge >= 0.3 is 0 Å². The van der Waals surface area contributed by atoms with Crippen molar-refractivity contribution < 1.29 is 9.21 Å². The first-order chi connectivity index (χ1) is 9.47. The van der Waals surface area contributed by atoms with E-state index >= 15 is 0 Å². The summed E-state index contributed by atoms with van der Waals surface area (Å²) in [6.45, 7) is 6.06. The SMILES string of the molecule is Cc1ccc(CNC(=O)c2nc(C(C)C)ncc2N)o1. The van der Waals surface area contributed by atoms with Crippen molar-refractivity contribution in [3.05, 3.63) is 41.4 Å². The summed E-state index contributed by atoms with van der Waals surface area (Å²) in [6, 6.07) is 3.66. The summed E-state index contributed by atoms with van der Waals surface area (Å²) in [5, 5.41) is 2.73. The van der Waals surface area contributed by atoms with Crippen LogP contribution in [0, 0.1) is 6.92 Å². The van der Waals surface area contributed by atoms with Crippen LogP contribution < -0.4 is 11.1 Å². The highest BCUT2D eigenvalue weighted by atomic mass is 16.3. The number of nitrogen functional groups attached to an aromatic ring is 1. The van der Waals surface area contributed by atoms with Gasteiger partial charge in [0.1, 0.15) is 17.3 Å². The first-order valence-electron chi connectivity index (χ1n) is 6.43. The van der Waals surface area contributed by atoms with Crippen molar-refractivity contribution in [3.8, 4) is 0 Å². The molecule has 0 aromatic carbocycles. The number of aryl methyl sites for hydroxylation is 1. The number of nitrogens with one attached hydrogen (secondary N) is 1. The van der Waals surface area contributed by atoms with E-state index < -0.39 is 0 Å². The molecule has 2 rings (SSSR count). The van der Waals surface area contributed by atoms with Crippen LogP contribution in [0.5, 0.6) is 0 Å². The Morgan fingerprint density at radius 2 is 2.20 bits per heavy atom. The van der Waals surface area contributed by atoms with Crippen LogP contribution in [0.25, 0.3) is 0 Å². The summed E-state index contributed by atoms with van der Waals surface area (Å²) in [7, 11) is 0. The zero-order chi connectivity index (χ0) is 14.7. The lowest BCUT2D eigenvalue weighted by Crippen LogP contribution is -2.25. The summed E-state index contributed by atoms with van der Waals surface area (Å²) in [5.74, 6) is 1.89. The Bertz CT molecular complexity index is 619. The minimum atomic E-state index is -0.333. The summed E-state index contributed by atoms with van der Waals surface area (Å²) < 4.78 is 5.38. The van der Waals surface area contributed by atoms with E-state index in [1.54, 1.807) is 0 Å². The topological polar surface area (TPSA) is 94.0 Å². The molecule has 0 bridgehead atoms. The number of carbonyl (C=O) groups excluding carboxylic acids is 1. The molecule has 20 heavy (non-hydrogen) atoms. The number of furan rings is 1. The van der Waals surface area contributed by atoms with Gasteiger partial charge in [-0.05, 0) is 19.1 Å². The fourth-order valence-corrected chi connectivity index (χ4v) is 1.70. The lowest BCUT2D eigenvalue weighted by atomic mass is 10.2. The van der Waals surface area contributed by atoms with Crippen LogP contribution in [0.1, 0.15) is 47.6 Å². The van der Waals surface area contributed by atoms with Crippen molar-refractivity contribution in [3.63, 3.8) is 0 Å². The van der Waals surface area contributed by atoms with Gasteiger partial charge in [0, 0.05) is 5.92 Å². The summed E-state index contributed by atoms with van der Waals surface area (Å²) in [4.78, 5) is 20.4. The number of hydrogen-bond acceptors (Lipinski definition) is 5. The number of rotatable bonds is 4. The highest BCUT2D eigenvalue weighted by Crippen LogP contribution is 2.14. The van der Waals surface area contributed by atoms with Crippen LogP contribution in [0.2, 0.25) is 0 Å². The monoisotopic (exact) mass is 274 g/mol. The fourth-order valence-electron chi connectivity index (χ4n) is 1.70. The normalized spacial score (nSPS) is 10.8. The molecule has 0 saturated heterocycles. The van der Waals surface area contributed by atoms with E-state index in [9.17, 15) is 4.79 Å². The number of carbonyl (C=O) groups is 1. The van der Waals surface area contributed by atoms with Crippen LogP contribution in [0.4, 0.5) is 5.69 Å². The quantitative estimate of drug-likeness (QED) is 0.889. The molecule has 0 aliphatic carbocycles. The molecule has 6 heteroatoms. The van der Waals surface area contributed by atoms with Gasteiger partial charge in [-0.25, -0.2) is 9.97 Å². The molecule has 3 N–H and O–H groups in total. The zero-order valence-corrected chi connectivity index (χ0v) is 11.8. The minimum absolute atomic E-state index is 0.134. The number of nitrogens with two attached hydrogens (primary N) is 1. The van der Waals surface area contributed by atoms with Crippen molar-refractivity contribution in [1.29, 1.82) is 0 Å². The average Bonchev–Trinajstić information content (AvgIpc) is 2.82. The standard InChI is InChI=1S/C14H18N4O2/c1-8(2)13-16-7-11(15)12(18-13)14(19)17-6-10-5-4-9(3)20-10/h4-5,7-8H,6,15H2,1-3H3,(H,17,19). The van der Waals surface area contributed by atoms with Gasteiger partial charge in [-0.1, -0.05) is 13.8 Å². The molecule has 1 amide bonds. The van der Waals surface area contributed by atoms with Gasteiger partial charge in [0.05, 0.1) is 18.4 Å². The van der Waals surface area contributed by atoms with Crippen molar-refractivity contribution in [2.75, 3.05) is 5.73 Å². The van der Waals surface area contributed by atoms with Crippen LogP contribution in [0.15, 0.2) is 22.7 Å². The predicted molar refractivity (Wildman–Crippen MR) is 75.1 cm³/mol. The zero-order valence-electron chi connectivity index (χ0n) is 11.8. The van der Waals surface area contributed by atoms with E-state index in [4.69, 9.17) is 10.2 Å². The van der Waals surface area contributed by atoms with Gasteiger partial charge < -0.3 is 15.5 Å². The van der Waals surface area contributed by atoms with E-state index in [1.165, 1.54) is 6.20 Å². The van der Waals surface area contributed by atoms with Crippen molar-refractivity contribution in [2.45, 2.75) is 33.2 Å². The Kier molecular flexibility index (Phi) is 4.02. The van der Waals surface area contributed by atoms with E-state index in [-0.39, 0.29) is 23.2 Å². The van der Waals surface area contributed by atoms with Gasteiger partial charge in [-0.15, -0.1) is 0 Å². The maximum absolute atomic E-state index is 12.1. The van der Waals surface area contributed by atoms with Gasteiger partial charge in [0.25, 0.3) is 5.91 Å². The number of anilines is 1. The van der Waals surface area contributed by atoms with Crippen LogP contribution >= 0.6 is 0 Å².